The summed E-state index contributed by atoms with van der Waals surface area (Å²) >= 11 is 1.72. The topological polar surface area (TPSA) is 26.3 Å². The lowest BCUT2D eigenvalue weighted by molar-refractivity contribution is -0.138. The number of hydrogen-bond donors (Lipinski definition) is 0. The Labute approximate surface area is 112 Å². The van der Waals surface area contributed by atoms with Gasteiger partial charge in [0.15, 0.2) is 5.44 Å². The number of carbonyl (C=O) groups excluding carboxylic acids is 1. The highest BCUT2D eigenvalue weighted by Gasteiger charge is 2.49. The van der Waals surface area contributed by atoms with Crippen molar-refractivity contribution in [2.45, 2.75) is 48.9 Å². The molecule has 1 unspecified atom stereocenters. The van der Waals surface area contributed by atoms with E-state index >= 15 is 0 Å². The fraction of sp³-hybridized carbons (Fsp3) is 0.533. The molecule has 1 saturated carbocycles. The Hall–Kier alpha value is -0.960. The van der Waals surface area contributed by atoms with Crippen LogP contribution in [0.2, 0.25) is 0 Å². The van der Waals surface area contributed by atoms with Crippen molar-refractivity contribution < 1.29 is 9.53 Å². The van der Waals surface area contributed by atoms with Gasteiger partial charge in [0.25, 0.3) is 0 Å². The van der Waals surface area contributed by atoms with Crippen molar-refractivity contribution in [3.63, 3.8) is 0 Å². The van der Waals surface area contributed by atoms with Crippen LogP contribution in [0.15, 0.2) is 35.2 Å². The van der Waals surface area contributed by atoms with Crippen LogP contribution in [-0.2, 0) is 9.53 Å². The molecule has 1 aromatic rings. The molecule has 0 bridgehead atoms. The molecular weight excluding hydrogens is 244 g/mol. The average Bonchev–Trinajstić information content (AvgIpc) is 2.67. The molecule has 0 N–H and O–H groups in total. The molecule has 1 aromatic carbocycles. The molecule has 0 radical (unpaired) electrons. The van der Waals surface area contributed by atoms with Crippen molar-refractivity contribution in [2.24, 2.45) is 5.41 Å². The highest BCUT2D eigenvalue weighted by atomic mass is 32.2. The second-order valence-corrected chi connectivity index (χ2v) is 6.49. The van der Waals surface area contributed by atoms with E-state index in [0.29, 0.717) is 6.42 Å². The van der Waals surface area contributed by atoms with E-state index in [9.17, 15) is 4.79 Å². The Kier molecular flexibility index (Phi) is 3.33. The van der Waals surface area contributed by atoms with Crippen molar-refractivity contribution >= 4 is 17.7 Å². The molecule has 3 heteroatoms. The zero-order chi connectivity index (χ0) is 12.4. The molecule has 18 heavy (non-hydrogen) atoms. The van der Waals surface area contributed by atoms with Gasteiger partial charge < -0.3 is 4.74 Å². The van der Waals surface area contributed by atoms with Gasteiger partial charge >= 0.3 is 5.97 Å². The maximum Gasteiger partial charge on any atom is 0.307 e. The van der Waals surface area contributed by atoms with Crippen LogP contribution in [-0.4, -0.2) is 11.4 Å². The monoisotopic (exact) mass is 262 g/mol. The molecule has 3 rings (SSSR count). The van der Waals surface area contributed by atoms with Gasteiger partial charge in [0, 0.05) is 10.3 Å². The largest absolute Gasteiger partial charge is 0.450 e. The summed E-state index contributed by atoms with van der Waals surface area (Å²) in [6.45, 7) is 0. The first-order valence-corrected chi connectivity index (χ1v) is 7.58. The number of benzene rings is 1. The van der Waals surface area contributed by atoms with Gasteiger partial charge in [0.05, 0.1) is 6.42 Å². The zero-order valence-electron chi connectivity index (χ0n) is 10.4. The molecule has 1 aliphatic heterocycles. The first-order chi connectivity index (χ1) is 8.78. The molecule has 1 heterocycles. The van der Waals surface area contributed by atoms with Gasteiger partial charge in [-0.05, 0) is 25.0 Å². The fourth-order valence-corrected chi connectivity index (χ4v) is 4.38. The Bertz CT molecular complexity index is 423. The fourth-order valence-electron chi connectivity index (χ4n) is 3.10. The lowest BCUT2D eigenvalue weighted by Gasteiger charge is -2.35. The van der Waals surface area contributed by atoms with Crippen LogP contribution in [0.3, 0.4) is 0 Å². The standard InChI is InChI=1S/C15H18O2S/c16-13-11-15(9-5-2-6-10-15)14(17-13)18-12-7-3-1-4-8-12/h1,3-4,7-8,14H,2,5-6,9-11H2. The Balaban J connectivity index is 1.79. The van der Waals surface area contributed by atoms with Gasteiger partial charge in [-0.15, -0.1) is 0 Å². The molecule has 1 spiro atoms. The highest BCUT2D eigenvalue weighted by molar-refractivity contribution is 7.99. The van der Waals surface area contributed by atoms with E-state index in [1.165, 1.54) is 24.2 Å². The SMILES string of the molecule is O=C1CC2(CCCCC2)C(Sc2ccccc2)O1. The van der Waals surface area contributed by atoms with Crippen molar-refractivity contribution in [3.05, 3.63) is 30.3 Å². The summed E-state index contributed by atoms with van der Waals surface area (Å²) < 4.78 is 5.58. The van der Waals surface area contributed by atoms with Crippen LogP contribution in [0.25, 0.3) is 0 Å². The molecule has 0 aromatic heterocycles. The van der Waals surface area contributed by atoms with Crippen LogP contribution < -0.4 is 0 Å². The van der Waals surface area contributed by atoms with E-state index in [1.54, 1.807) is 11.8 Å². The molecule has 2 nitrogen and oxygen atoms in total. The summed E-state index contributed by atoms with van der Waals surface area (Å²) in [5.74, 6) is -0.00895. The summed E-state index contributed by atoms with van der Waals surface area (Å²) in [5, 5.41) is 0. The quantitative estimate of drug-likeness (QED) is 0.753. The van der Waals surface area contributed by atoms with Crippen molar-refractivity contribution in [2.75, 3.05) is 0 Å². The van der Waals surface area contributed by atoms with Gasteiger partial charge in [-0.25, -0.2) is 0 Å². The molecule has 2 aliphatic rings. The second-order valence-electron chi connectivity index (χ2n) is 5.35. The molecule has 1 aliphatic carbocycles. The summed E-state index contributed by atoms with van der Waals surface area (Å²) in [6.07, 6.45) is 6.69. The first kappa shape index (κ1) is 12.1. The molecule has 0 amide bonds. The summed E-state index contributed by atoms with van der Waals surface area (Å²) in [5.41, 5.74) is 0.128. The smallest absolute Gasteiger partial charge is 0.307 e. The summed E-state index contributed by atoms with van der Waals surface area (Å²) in [6, 6.07) is 10.3. The van der Waals surface area contributed by atoms with Crippen LogP contribution >= 0.6 is 11.8 Å². The number of rotatable bonds is 2. The summed E-state index contributed by atoms with van der Waals surface area (Å²) in [7, 11) is 0. The minimum absolute atomic E-state index is 0.00895. The Morgan fingerprint density at radius 2 is 1.83 bits per heavy atom. The normalized spacial score (nSPS) is 26.2. The van der Waals surface area contributed by atoms with E-state index in [4.69, 9.17) is 4.74 Å². The lowest BCUT2D eigenvalue weighted by Crippen LogP contribution is -2.30. The third kappa shape index (κ3) is 2.28. The zero-order valence-corrected chi connectivity index (χ0v) is 11.2. The number of carbonyl (C=O) groups is 1. The predicted molar refractivity (Wildman–Crippen MR) is 72.3 cm³/mol. The van der Waals surface area contributed by atoms with Gasteiger partial charge in [-0.3, -0.25) is 4.79 Å². The number of cyclic esters (lactones) is 1. The predicted octanol–water partition coefficient (Wildman–Crippen LogP) is 4.00. The maximum atomic E-state index is 11.7. The number of esters is 1. The van der Waals surface area contributed by atoms with Crippen LogP contribution in [0.5, 0.6) is 0 Å². The third-order valence-corrected chi connectivity index (χ3v) is 5.43. The van der Waals surface area contributed by atoms with E-state index in [1.807, 2.05) is 18.2 Å². The molecule has 1 atom stereocenters. The van der Waals surface area contributed by atoms with Crippen molar-refractivity contribution in [3.8, 4) is 0 Å². The van der Waals surface area contributed by atoms with E-state index in [-0.39, 0.29) is 16.8 Å². The minimum Gasteiger partial charge on any atom is -0.450 e. The van der Waals surface area contributed by atoms with Gasteiger partial charge in [-0.2, -0.15) is 0 Å². The lowest BCUT2D eigenvalue weighted by atomic mass is 9.73. The highest BCUT2D eigenvalue weighted by Crippen LogP contribution is 2.52. The number of thioether (sulfide) groups is 1. The third-order valence-electron chi connectivity index (χ3n) is 4.07. The Morgan fingerprint density at radius 3 is 2.56 bits per heavy atom. The van der Waals surface area contributed by atoms with E-state index < -0.39 is 0 Å². The van der Waals surface area contributed by atoms with Gasteiger partial charge in [0.1, 0.15) is 0 Å². The maximum absolute atomic E-state index is 11.7. The average molecular weight is 262 g/mol. The van der Waals surface area contributed by atoms with Crippen molar-refractivity contribution in [1.82, 2.24) is 0 Å². The number of ether oxygens (including phenoxy) is 1. The van der Waals surface area contributed by atoms with Gasteiger partial charge in [-0.1, -0.05) is 49.2 Å². The second kappa shape index (κ2) is 4.96. The van der Waals surface area contributed by atoms with E-state index in [0.717, 1.165) is 12.8 Å². The van der Waals surface area contributed by atoms with Crippen molar-refractivity contribution in [1.29, 1.82) is 0 Å². The van der Waals surface area contributed by atoms with E-state index in [2.05, 4.69) is 12.1 Å². The molecular formula is C15H18O2S. The van der Waals surface area contributed by atoms with Crippen LogP contribution in [0.4, 0.5) is 0 Å². The molecule has 96 valence electrons. The summed E-state index contributed by atoms with van der Waals surface area (Å²) in [4.78, 5) is 12.9. The molecule has 1 saturated heterocycles. The van der Waals surface area contributed by atoms with Gasteiger partial charge in [0.2, 0.25) is 0 Å². The van der Waals surface area contributed by atoms with Crippen LogP contribution in [0, 0.1) is 5.41 Å². The first-order valence-electron chi connectivity index (χ1n) is 6.70. The minimum atomic E-state index is -0.00895. The number of hydrogen-bond acceptors (Lipinski definition) is 3. The van der Waals surface area contributed by atoms with Crippen LogP contribution in [0.1, 0.15) is 38.5 Å². The molecule has 2 fully saturated rings. The Morgan fingerprint density at radius 1 is 1.11 bits per heavy atom.